The van der Waals surface area contributed by atoms with Crippen molar-refractivity contribution < 1.29 is 13.5 Å². The van der Waals surface area contributed by atoms with Crippen LogP contribution in [0.15, 0.2) is 29.2 Å². The van der Waals surface area contributed by atoms with Crippen LogP contribution in [0.25, 0.3) is 0 Å². The number of nitrogens with zero attached hydrogens (tertiary/aromatic N) is 1. The Morgan fingerprint density at radius 3 is 2.58 bits per heavy atom. The average Bonchev–Trinajstić information content (AvgIpc) is 2.35. The molecule has 0 saturated heterocycles. The predicted octanol–water partition coefficient (Wildman–Crippen LogP) is 1.24. The van der Waals surface area contributed by atoms with Crippen molar-refractivity contribution in [1.29, 1.82) is 5.26 Å². The van der Waals surface area contributed by atoms with Crippen LogP contribution >= 0.6 is 0 Å². The zero-order chi connectivity index (χ0) is 14.7. The molecule has 0 amide bonds. The maximum absolute atomic E-state index is 12.0. The SMILES string of the molecule is CC(C)(C)C(O)CNS(=O)(=O)c1cccc(C#N)c1. The standard InChI is InChI=1S/C13H18N2O3S/c1-13(2,3)12(16)9-15-19(17,18)11-6-4-5-10(7-11)8-14/h4-7,12,15-16H,9H2,1-3H3. The van der Waals surface area contributed by atoms with Crippen molar-refractivity contribution in [2.24, 2.45) is 5.41 Å². The Hall–Kier alpha value is -1.42. The van der Waals surface area contributed by atoms with Gasteiger partial charge in [0.2, 0.25) is 10.0 Å². The van der Waals surface area contributed by atoms with E-state index in [0.29, 0.717) is 0 Å². The smallest absolute Gasteiger partial charge is 0.240 e. The molecule has 6 heteroatoms. The number of nitrogens with one attached hydrogen (secondary N) is 1. The lowest BCUT2D eigenvalue weighted by atomic mass is 9.89. The Morgan fingerprint density at radius 2 is 2.05 bits per heavy atom. The normalized spacial score (nSPS) is 13.8. The molecular formula is C13H18N2O3S. The minimum absolute atomic E-state index is 0.0210. The van der Waals surface area contributed by atoms with Crippen molar-refractivity contribution in [3.8, 4) is 6.07 Å². The van der Waals surface area contributed by atoms with Crippen molar-refractivity contribution in [3.05, 3.63) is 29.8 Å². The molecule has 0 saturated carbocycles. The highest BCUT2D eigenvalue weighted by Crippen LogP contribution is 2.19. The van der Waals surface area contributed by atoms with Crippen molar-refractivity contribution in [2.75, 3.05) is 6.54 Å². The highest BCUT2D eigenvalue weighted by molar-refractivity contribution is 7.89. The first-order valence-electron chi connectivity index (χ1n) is 5.85. The zero-order valence-corrected chi connectivity index (χ0v) is 12.0. The molecule has 1 aromatic rings. The summed E-state index contributed by atoms with van der Waals surface area (Å²) < 4.78 is 26.3. The third-order valence-electron chi connectivity index (χ3n) is 2.74. The molecular weight excluding hydrogens is 264 g/mol. The molecule has 0 aromatic heterocycles. The molecule has 104 valence electrons. The van der Waals surface area contributed by atoms with Crippen molar-refractivity contribution in [2.45, 2.75) is 31.8 Å². The lowest BCUT2D eigenvalue weighted by Gasteiger charge is -2.25. The van der Waals surface area contributed by atoms with Gasteiger partial charge in [-0.1, -0.05) is 26.8 Å². The van der Waals surface area contributed by atoms with Crippen LogP contribution in [0.1, 0.15) is 26.3 Å². The monoisotopic (exact) mass is 282 g/mol. The van der Waals surface area contributed by atoms with E-state index >= 15 is 0 Å². The van der Waals surface area contributed by atoms with Crippen LogP contribution in [0.3, 0.4) is 0 Å². The number of sulfonamides is 1. The fourth-order valence-corrected chi connectivity index (χ4v) is 2.39. The van der Waals surface area contributed by atoms with Gasteiger partial charge in [0.1, 0.15) is 0 Å². The molecule has 0 spiro atoms. The molecule has 1 atom stereocenters. The number of hydrogen-bond acceptors (Lipinski definition) is 4. The summed E-state index contributed by atoms with van der Waals surface area (Å²) in [5.74, 6) is 0. The van der Waals surface area contributed by atoms with E-state index in [2.05, 4.69) is 4.72 Å². The molecule has 1 aromatic carbocycles. The van der Waals surface area contributed by atoms with Gasteiger partial charge in [0.05, 0.1) is 22.6 Å². The Bertz CT molecular complexity index is 583. The summed E-state index contributed by atoms with van der Waals surface area (Å²) in [6.07, 6.45) is -0.790. The fraction of sp³-hybridized carbons (Fsp3) is 0.462. The number of aliphatic hydroxyl groups excluding tert-OH is 1. The van der Waals surface area contributed by atoms with Gasteiger partial charge in [0, 0.05) is 6.54 Å². The lowest BCUT2D eigenvalue weighted by Crippen LogP contribution is -2.39. The number of hydrogen-bond donors (Lipinski definition) is 2. The first kappa shape index (κ1) is 15.6. The van der Waals surface area contributed by atoms with Gasteiger partial charge in [-0.25, -0.2) is 13.1 Å². The maximum atomic E-state index is 12.0. The first-order valence-corrected chi connectivity index (χ1v) is 7.33. The van der Waals surface area contributed by atoms with E-state index < -0.39 is 21.5 Å². The third-order valence-corrected chi connectivity index (χ3v) is 4.16. The van der Waals surface area contributed by atoms with Gasteiger partial charge in [-0.2, -0.15) is 5.26 Å². The van der Waals surface area contributed by atoms with Gasteiger partial charge in [-0.3, -0.25) is 0 Å². The second-order valence-electron chi connectivity index (χ2n) is 5.37. The molecule has 1 unspecified atom stereocenters. The second-order valence-corrected chi connectivity index (χ2v) is 7.14. The van der Waals surface area contributed by atoms with Crippen molar-refractivity contribution in [1.82, 2.24) is 4.72 Å². The highest BCUT2D eigenvalue weighted by Gasteiger charge is 2.24. The number of nitriles is 1. The van der Waals surface area contributed by atoms with Crippen LogP contribution in [-0.2, 0) is 10.0 Å². The van der Waals surface area contributed by atoms with E-state index in [9.17, 15) is 13.5 Å². The average molecular weight is 282 g/mol. The third kappa shape index (κ3) is 4.31. The summed E-state index contributed by atoms with van der Waals surface area (Å²) in [4.78, 5) is 0.0210. The molecule has 0 fully saturated rings. The Balaban J connectivity index is 2.85. The number of aliphatic hydroxyl groups is 1. The highest BCUT2D eigenvalue weighted by atomic mass is 32.2. The van der Waals surface area contributed by atoms with E-state index in [1.165, 1.54) is 24.3 Å². The van der Waals surface area contributed by atoms with E-state index in [1.807, 2.05) is 26.8 Å². The van der Waals surface area contributed by atoms with E-state index in [4.69, 9.17) is 5.26 Å². The van der Waals surface area contributed by atoms with Gasteiger partial charge in [0.25, 0.3) is 0 Å². The van der Waals surface area contributed by atoms with Gasteiger partial charge >= 0.3 is 0 Å². The van der Waals surface area contributed by atoms with Crippen LogP contribution in [0.5, 0.6) is 0 Å². The van der Waals surface area contributed by atoms with E-state index in [-0.39, 0.29) is 17.0 Å². The maximum Gasteiger partial charge on any atom is 0.240 e. The minimum atomic E-state index is -3.71. The molecule has 0 aliphatic heterocycles. The summed E-state index contributed by atoms with van der Waals surface area (Å²) in [5, 5.41) is 18.6. The lowest BCUT2D eigenvalue weighted by molar-refractivity contribution is 0.0677. The molecule has 0 bridgehead atoms. The summed E-state index contributed by atoms with van der Waals surface area (Å²) in [7, 11) is -3.71. The zero-order valence-electron chi connectivity index (χ0n) is 11.2. The Kier molecular flexibility index (Phi) is 4.69. The summed E-state index contributed by atoms with van der Waals surface area (Å²) in [5.41, 5.74) is -0.129. The number of benzene rings is 1. The van der Waals surface area contributed by atoms with Crippen LogP contribution in [0, 0.1) is 16.7 Å². The molecule has 19 heavy (non-hydrogen) atoms. The van der Waals surface area contributed by atoms with E-state index in [0.717, 1.165) is 0 Å². The van der Waals surface area contributed by atoms with Gasteiger partial charge in [-0.15, -0.1) is 0 Å². The second kappa shape index (κ2) is 5.70. The molecule has 0 aliphatic carbocycles. The Labute approximate surface area is 113 Å². The fourth-order valence-electron chi connectivity index (χ4n) is 1.31. The first-order chi connectivity index (χ1) is 8.66. The molecule has 0 heterocycles. The summed E-state index contributed by atoms with van der Waals surface area (Å²) in [6, 6.07) is 7.63. The molecule has 5 nitrogen and oxygen atoms in total. The quantitative estimate of drug-likeness (QED) is 0.869. The van der Waals surface area contributed by atoms with Crippen LogP contribution in [-0.4, -0.2) is 26.2 Å². The summed E-state index contributed by atoms with van der Waals surface area (Å²) in [6.45, 7) is 5.40. The predicted molar refractivity (Wildman–Crippen MR) is 71.8 cm³/mol. The molecule has 0 radical (unpaired) electrons. The van der Waals surface area contributed by atoms with Gasteiger partial charge < -0.3 is 5.11 Å². The van der Waals surface area contributed by atoms with Crippen molar-refractivity contribution >= 4 is 10.0 Å². The van der Waals surface area contributed by atoms with Gasteiger partial charge in [-0.05, 0) is 23.6 Å². The molecule has 0 aliphatic rings. The van der Waals surface area contributed by atoms with Gasteiger partial charge in [0.15, 0.2) is 0 Å². The van der Waals surface area contributed by atoms with Crippen LogP contribution in [0.2, 0.25) is 0 Å². The van der Waals surface area contributed by atoms with E-state index in [1.54, 1.807) is 0 Å². The van der Waals surface area contributed by atoms with Crippen LogP contribution < -0.4 is 4.72 Å². The number of rotatable bonds is 4. The molecule has 1 rings (SSSR count). The van der Waals surface area contributed by atoms with Crippen LogP contribution in [0.4, 0.5) is 0 Å². The molecule has 2 N–H and O–H groups in total. The Morgan fingerprint density at radius 1 is 1.42 bits per heavy atom. The van der Waals surface area contributed by atoms with Crippen molar-refractivity contribution in [3.63, 3.8) is 0 Å². The minimum Gasteiger partial charge on any atom is -0.391 e. The topological polar surface area (TPSA) is 90.2 Å². The summed E-state index contributed by atoms with van der Waals surface area (Å²) >= 11 is 0. The largest absolute Gasteiger partial charge is 0.391 e.